The summed E-state index contributed by atoms with van der Waals surface area (Å²) in [5, 5.41) is 17.4. The Morgan fingerprint density at radius 2 is 1.95 bits per heavy atom. The molecule has 108 valence electrons. The van der Waals surface area contributed by atoms with Gasteiger partial charge in [0.05, 0.1) is 0 Å². The number of aliphatic carboxylic acids is 1. The molecule has 0 aliphatic heterocycles. The lowest BCUT2D eigenvalue weighted by Gasteiger charge is -2.15. The molecule has 2 rings (SSSR count). The number of carbonyl (C=O) groups excluding carboxylic acids is 1. The molecule has 0 bridgehead atoms. The summed E-state index contributed by atoms with van der Waals surface area (Å²) in [4.78, 5) is 34.2. The van der Waals surface area contributed by atoms with Crippen LogP contribution in [-0.2, 0) is 4.79 Å². The fourth-order valence-electron chi connectivity index (χ4n) is 1.66. The molecule has 0 unspecified atom stereocenters. The van der Waals surface area contributed by atoms with E-state index in [9.17, 15) is 19.5 Å². The van der Waals surface area contributed by atoms with Gasteiger partial charge in [0.15, 0.2) is 6.04 Å². The minimum absolute atomic E-state index is 0.104. The summed E-state index contributed by atoms with van der Waals surface area (Å²) in [7, 11) is 0. The monoisotopic (exact) mass is 307 g/mol. The van der Waals surface area contributed by atoms with Crippen LogP contribution in [0.3, 0.4) is 0 Å². The zero-order valence-corrected chi connectivity index (χ0v) is 11.3. The van der Waals surface area contributed by atoms with Crippen molar-refractivity contribution in [2.24, 2.45) is 0 Å². The largest absolute Gasteiger partial charge is 0.479 e. The van der Waals surface area contributed by atoms with Gasteiger partial charge in [0, 0.05) is 16.7 Å². The number of nitrogens with zero attached hydrogens (tertiary/aromatic N) is 1. The number of H-pyrrole nitrogens is 1. The minimum atomic E-state index is -1.32. The number of carbonyl (C=O) groups is 2. The third-order valence-corrected chi connectivity index (χ3v) is 2.99. The Morgan fingerprint density at radius 3 is 2.52 bits per heavy atom. The molecule has 0 spiro atoms. The lowest BCUT2D eigenvalue weighted by molar-refractivity contribution is -0.139. The molecule has 0 saturated heterocycles. The molecule has 1 aromatic heterocycles. The molecule has 2 aromatic rings. The Kier molecular flexibility index (Phi) is 4.34. The predicted molar refractivity (Wildman–Crippen MR) is 74.2 cm³/mol. The average Bonchev–Trinajstić information content (AvgIpc) is 2.46. The highest BCUT2D eigenvalue weighted by Crippen LogP contribution is 2.23. The average molecular weight is 308 g/mol. The summed E-state index contributed by atoms with van der Waals surface area (Å²) in [5.74, 6) is -2.00. The molecule has 0 saturated carbocycles. The van der Waals surface area contributed by atoms with E-state index < -0.39 is 23.5 Å². The van der Waals surface area contributed by atoms with E-state index in [4.69, 9.17) is 11.6 Å². The first kappa shape index (κ1) is 14.7. The van der Waals surface area contributed by atoms with E-state index in [0.717, 1.165) is 6.07 Å². The molecule has 21 heavy (non-hydrogen) atoms. The van der Waals surface area contributed by atoms with Crippen molar-refractivity contribution in [3.63, 3.8) is 0 Å². The number of hydrogen-bond acceptors (Lipinski definition) is 4. The van der Waals surface area contributed by atoms with E-state index in [2.05, 4.69) is 15.5 Å². The van der Waals surface area contributed by atoms with Crippen LogP contribution in [0.1, 0.15) is 22.1 Å². The second-order valence-corrected chi connectivity index (χ2v) is 4.48. The van der Waals surface area contributed by atoms with Crippen LogP contribution in [0.4, 0.5) is 0 Å². The Balaban J connectivity index is 2.27. The molecule has 3 N–H and O–H groups in total. The number of rotatable bonds is 4. The number of aromatic amines is 1. The third kappa shape index (κ3) is 3.46. The van der Waals surface area contributed by atoms with E-state index >= 15 is 0 Å². The Bertz CT molecular complexity index is 724. The van der Waals surface area contributed by atoms with Gasteiger partial charge in [0.1, 0.15) is 5.69 Å². The predicted octanol–water partition coefficient (Wildman–Crippen LogP) is 0.979. The fraction of sp³-hybridized carbons (Fsp3) is 0.0769. The van der Waals surface area contributed by atoms with Crippen molar-refractivity contribution in [1.82, 2.24) is 15.5 Å². The summed E-state index contributed by atoms with van der Waals surface area (Å²) in [6.07, 6.45) is 0. The third-order valence-electron chi connectivity index (χ3n) is 2.65. The van der Waals surface area contributed by atoms with Gasteiger partial charge in [0.2, 0.25) is 0 Å². The first-order valence-electron chi connectivity index (χ1n) is 5.83. The zero-order valence-electron chi connectivity index (χ0n) is 10.5. The van der Waals surface area contributed by atoms with Crippen LogP contribution in [0, 0.1) is 0 Å². The number of benzene rings is 1. The molecule has 1 heterocycles. The maximum Gasteiger partial charge on any atom is 0.330 e. The molecular formula is C13H10ClN3O4. The fourth-order valence-corrected chi connectivity index (χ4v) is 1.90. The highest BCUT2D eigenvalue weighted by Gasteiger charge is 2.25. The van der Waals surface area contributed by atoms with Crippen molar-refractivity contribution in [3.05, 3.63) is 63.0 Å². The standard InChI is InChI=1S/C13H10ClN3O4/c14-8-4-2-1-3-7(8)11(13(20)21)15-12(19)9-5-6-10(18)17-16-9/h1-6,11H,(H,15,19)(H,17,18)(H,20,21)/t11-/m1/s1. The smallest absolute Gasteiger partial charge is 0.330 e. The molecular weight excluding hydrogens is 298 g/mol. The van der Waals surface area contributed by atoms with Crippen molar-refractivity contribution in [1.29, 1.82) is 0 Å². The van der Waals surface area contributed by atoms with Crippen LogP contribution >= 0.6 is 11.6 Å². The zero-order chi connectivity index (χ0) is 15.4. The van der Waals surface area contributed by atoms with Gasteiger partial charge in [0.25, 0.3) is 11.5 Å². The van der Waals surface area contributed by atoms with Gasteiger partial charge < -0.3 is 10.4 Å². The number of aromatic nitrogens is 2. The summed E-state index contributed by atoms with van der Waals surface area (Å²) in [6, 6.07) is 7.28. The van der Waals surface area contributed by atoms with Crippen LogP contribution in [0.15, 0.2) is 41.2 Å². The molecule has 0 fully saturated rings. The van der Waals surface area contributed by atoms with Gasteiger partial charge in [-0.1, -0.05) is 29.8 Å². The number of nitrogens with one attached hydrogen (secondary N) is 2. The lowest BCUT2D eigenvalue weighted by Crippen LogP contribution is -2.34. The summed E-state index contributed by atoms with van der Waals surface area (Å²) in [5.41, 5.74) is -0.315. The van der Waals surface area contributed by atoms with Crippen molar-refractivity contribution in [2.75, 3.05) is 0 Å². The number of carboxylic acid groups (broad SMARTS) is 1. The second-order valence-electron chi connectivity index (χ2n) is 4.07. The van der Waals surface area contributed by atoms with E-state index in [-0.39, 0.29) is 16.3 Å². The highest BCUT2D eigenvalue weighted by atomic mass is 35.5. The number of carboxylic acids is 1. The van der Waals surface area contributed by atoms with Crippen LogP contribution < -0.4 is 10.9 Å². The first-order valence-corrected chi connectivity index (χ1v) is 6.20. The van der Waals surface area contributed by atoms with Gasteiger partial charge in [-0.15, -0.1) is 0 Å². The van der Waals surface area contributed by atoms with Gasteiger partial charge in [-0.25, -0.2) is 9.89 Å². The summed E-state index contributed by atoms with van der Waals surface area (Å²) >= 11 is 5.94. The van der Waals surface area contributed by atoms with Crippen molar-refractivity contribution in [3.8, 4) is 0 Å². The van der Waals surface area contributed by atoms with Crippen molar-refractivity contribution in [2.45, 2.75) is 6.04 Å². The molecule has 0 aliphatic rings. The van der Waals surface area contributed by atoms with E-state index in [0.29, 0.717) is 0 Å². The van der Waals surface area contributed by atoms with Crippen molar-refractivity contribution < 1.29 is 14.7 Å². The number of halogens is 1. The summed E-state index contributed by atoms with van der Waals surface area (Å²) in [6.45, 7) is 0. The molecule has 0 aliphatic carbocycles. The maximum absolute atomic E-state index is 12.0. The highest BCUT2D eigenvalue weighted by molar-refractivity contribution is 6.31. The van der Waals surface area contributed by atoms with Gasteiger partial charge in [-0.05, 0) is 12.1 Å². The molecule has 1 amide bonds. The molecule has 8 heteroatoms. The number of hydrogen-bond donors (Lipinski definition) is 3. The topological polar surface area (TPSA) is 112 Å². The lowest BCUT2D eigenvalue weighted by atomic mass is 10.1. The molecule has 7 nitrogen and oxygen atoms in total. The van der Waals surface area contributed by atoms with Crippen LogP contribution in [0.25, 0.3) is 0 Å². The molecule has 1 aromatic carbocycles. The Labute approximate surface area is 123 Å². The van der Waals surface area contributed by atoms with Crippen LogP contribution in [0.2, 0.25) is 5.02 Å². The van der Waals surface area contributed by atoms with Crippen LogP contribution in [-0.4, -0.2) is 27.2 Å². The van der Waals surface area contributed by atoms with Gasteiger partial charge in [-0.2, -0.15) is 5.10 Å². The van der Waals surface area contributed by atoms with E-state index in [1.165, 1.54) is 18.2 Å². The Hall–Kier alpha value is -2.67. The van der Waals surface area contributed by atoms with E-state index in [1.807, 2.05) is 0 Å². The van der Waals surface area contributed by atoms with E-state index in [1.54, 1.807) is 12.1 Å². The van der Waals surface area contributed by atoms with Crippen molar-refractivity contribution >= 4 is 23.5 Å². The first-order chi connectivity index (χ1) is 9.99. The second kappa shape index (κ2) is 6.19. The summed E-state index contributed by atoms with van der Waals surface area (Å²) < 4.78 is 0. The minimum Gasteiger partial charge on any atom is -0.479 e. The normalized spacial score (nSPS) is 11.7. The SMILES string of the molecule is O=C(N[C@@H](C(=O)O)c1ccccc1Cl)c1ccc(=O)[nH]n1. The maximum atomic E-state index is 12.0. The number of amides is 1. The quantitative estimate of drug-likeness (QED) is 0.779. The molecule has 1 atom stereocenters. The molecule has 0 radical (unpaired) electrons. The van der Waals surface area contributed by atoms with Crippen LogP contribution in [0.5, 0.6) is 0 Å². The van der Waals surface area contributed by atoms with Gasteiger partial charge in [-0.3, -0.25) is 9.59 Å². The Morgan fingerprint density at radius 1 is 1.24 bits per heavy atom. The van der Waals surface area contributed by atoms with Gasteiger partial charge >= 0.3 is 5.97 Å².